The Hall–Kier alpha value is -0.190. The molecule has 1 aromatic rings. The van der Waals surface area contributed by atoms with Crippen LogP contribution in [0.5, 0.6) is 0 Å². The number of aromatic nitrogens is 2. The van der Waals surface area contributed by atoms with Crippen LogP contribution in [-0.2, 0) is 13.6 Å². The van der Waals surface area contributed by atoms with Gasteiger partial charge in [-0.05, 0) is 6.26 Å². The van der Waals surface area contributed by atoms with E-state index in [-0.39, 0.29) is 0 Å². The van der Waals surface area contributed by atoms with Gasteiger partial charge in [-0.15, -0.1) is 0 Å². The molecule has 0 fully saturated rings. The third-order valence-electron chi connectivity index (χ3n) is 2.14. The minimum atomic E-state index is 0.630. The third-order valence-corrected chi connectivity index (χ3v) is 3.47. The van der Waals surface area contributed by atoms with Gasteiger partial charge in [0.05, 0.1) is 12.7 Å². The van der Waals surface area contributed by atoms with Crippen LogP contribution in [0.15, 0.2) is 6.20 Å². The van der Waals surface area contributed by atoms with Gasteiger partial charge in [0.15, 0.2) is 0 Å². The number of nitrogens with zero attached hydrogens (tertiary/aromatic N) is 2. The van der Waals surface area contributed by atoms with Crippen LogP contribution in [0.1, 0.15) is 12.7 Å². The molecule has 0 saturated carbocycles. The van der Waals surface area contributed by atoms with E-state index in [1.807, 2.05) is 23.4 Å². The van der Waals surface area contributed by atoms with Gasteiger partial charge in [-0.2, -0.15) is 11.8 Å². The summed E-state index contributed by atoms with van der Waals surface area (Å²) in [7, 11) is 1.92. The van der Waals surface area contributed by atoms with Crippen LogP contribution >= 0.6 is 23.4 Å². The van der Waals surface area contributed by atoms with Gasteiger partial charge in [-0.25, -0.2) is 4.98 Å². The molecule has 5 heteroatoms. The van der Waals surface area contributed by atoms with E-state index in [0.29, 0.717) is 10.4 Å². The van der Waals surface area contributed by atoms with Crippen molar-refractivity contribution in [1.29, 1.82) is 0 Å². The average molecular weight is 234 g/mol. The summed E-state index contributed by atoms with van der Waals surface area (Å²) in [5.74, 6) is 0.975. The lowest BCUT2D eigenvalue weighted by molar-refractivity contribution is 0.636. The van der Waals surface area contributed by atoms with E-state index in [0.717, 1.165) is 18.9 Å². The zero-order valence-electron chi connectivity index (χ0n) is 8.75. The summed E-state index contributed by atoms with van der Waals surface area (Å²) in [6, 6.07) is 0. The van der Waals surface area contributed by atoms with E-state index >= 15 is 0 Å². The molecular weight excluding hydrogens is 218 g/mol. The summed E-state index contributed by atoms with van der Waals surface area (Å²) in [6.07, 6.45) is 3.79. The lowest BCUT2D eigenvalue weighted by atomic mass is 10.4. The standard InChI is InChI=1S/C9H16ClN3S/c1-7(14-3)4-11-6-9-12-5-8(10)13(9)2/h5,7,11H,4,6H2,1-3H3. The van der Waals surface area contributed by atoms with E-state index in [9.17, 15) is 0 Å². The first-order chi connectivity index (χ1) is 6.65. The maximum Gasteiger partial charge on any atom is 0.128 e. The van der Waals surface area contributed by atoms with Crippen molar-refractivity contribution in [2.24, 2.45) is 7.05 Å². The highest BCUT2D eigenvalue weighted by atomic mass is 35.5. The molecule has 0 aliphatic heterocycles. The predicted octanol–water partition coefficient (Wildman–Crippen LogP) is 1.91. The van der Waals surface area contributed by atoms with Gasteiger partial charge < -0.3 is 9.88 Å². The van der Waals surface area contributed by atoms with Gasteiger partial charge >= 0.3 is 0 Å². The number of imidazole rings is 1. The fourth-order valence-electron chi connectivity index (χ4n) is 1.06. The van der Waals surface area contributed by atoms with Crippen molar-refractivity contribution < 1.29 is 0 Å². The number of hydrogen-bond donors (Lipinski definition) is 1. The van der Waals surface area contributed by atoms with Gasteiger partial charge in [-0.1, -0.05) is 18.5 Å². The fourth-order valence-corrected chi connectivity index (χ4v) is 1.49. The first-order valence-corrected chi connectivity index (χ1v) is 6.21. The molecule has 14 heavy (non-hydrogen) atoms. The molecular formula is C9H16ClN3S. The molecule has 0 saturated heterocycles. The maximum atomic E-state index is 5.87. The molecule has 1 N–H and O–H groups in total. The summed E-state index contributed by atoms with van der Waals surface area (Å²) in [5, 5.41) is 4.65. The second-order valence-electron chi connectivity index (χ2n) is 3.23. The van der Waals surface area contributed by atoms with Crippen LogP contribution < -0.4 is 5.32 Å². The number of rotatable bonds is 5. The van der Waals surface area contributed by atoms with E-state index in [4.69, 9.17) is 11.6 Å². The minimum Gasteiger partial charge on any atom is -0.321 e. The van der Waals surface area contributed by atoms with Crippen molar-refractivity contribution in [2.45, 2.75) is 18.7 Å². The molecule has 0 spiro atoms. The topological polar surface area (TPSA) is 29.9 Å². The highest BCUT2D eigenvalue weighted by molar-refractivity contribution is 7.99. The van der Waals surface area contributed by atoms with Crippen molar-refractivity contribution in [3.8, 4) is 0 Å². The highest BCUT2D eigenvalue weighted by Gasteiger charge is 2.04. The first-order valence-electron chi connectivity index (χ1n) is 4.54. The lowest BCUT2D eigenvalue weighted by Crippen LogP contribution is -2.23. The maximum absolute atomic E-state index is 5.87. The second kappa shape index (κ2) is 5.63. The third kappa shape index (κ3) is 3.19. The molecule has 1 atom stereocenters. The molecule has 0 radical (unpaired) electrons. The quantitative estimate of drug-likeness (QED) is 0.843. The summed E-state index contributed by atoms with van der Waals surface area (Å²) >= 11 is 7.72. The Labute approximate surface area is 94.2 Å². The molecule has 0 bridgehead atoms. The van der Waals surface area contributed by atoms with Crippen LogP contribution in [0.25, 0.3) is 0 Å². The molecule has 0 aliphatic carbocycles. The summed E-state index contributed by atoms with van der Waals surface area (Å²) in [4.78, 5) is 4.20. The minimum absolute atomic E-state index is 0.630. The van der Waals surface area contributed by atoms with Gasteiger partial charge in [0.1, 0.15) is 11.0 Å². The normalized spacial score (nSPS) is 13.1. The van der Waals surface area contributed by atoms with Gasteiger partial charge in [-0.3, -0.25) is 0 Å². The van der Waals surface area contributed by atoms with Crippen LogP contribution in [0.4, 0.5) is 0 Å². The largest absolute Gasteiger partial charge is 0.321 e. The summed E-state index contributed by atoms with van der Waals surface area (Å²) in [6.45, 7) is 3.96. The average Bonchev–Trinajstić information content (AvgIpc) is 2.49. The van der Waals surface area contributed by atoms with Gasteiger partial charge in [0.2, 0.25) is 0 Å². The van der Waals surface area contributed by atoms with Crippen molar-refractivity contribution in [3.63, 3.8) is 0 Å². The second-order valence-corrected chi connectivity index (χ2v) is 4.90. The Morgan fingerprint density at radius 3 is 2.93 bits per heavy atom. The molecule has 1 rings (SSSR count). The van der Waals surface area contributed by atoms with Crippen LogP contribution in [0, 0.1) is 0 Å². The van der Waals surface area contributed by atoms with Gasteiger partial charge in [0, 0.05) is 18.8 Å². The number of thioether (sulfide) groups is 1. The molecule has 0 amide bonds. The van der Waals surface area contributed by atoms with E-state index in [2.05, 4.69) is 23.5 Å². The zero-order valence-corrected chi connectivity index (χ0v) is 10.3. The van der Waals surface area contributed by atoms with E-state index in [1.165, 1.54) is 0 Å². The molecule has 1 unspecified atom stereocenters. The fraction of sp³-hybridized carbons (Fsp3) is 0.667. The zero-order chi connectivity index (χ0) is 10.6. The Kier molecular flexibility index (Phi) is 4.78. The molecule has 3 nitrogen and oxygen atoms in total. The molecule has 0 aliphatic rings. The highest BCUT2D eigenvalue weighted by Crippen LogP contribution is 2.09. The van der Waals surface area contributed by atoms with Gasteiger partial charge in [0.25, 0.3) is 0 Å². The van der Waals surface area contributed by atoms with Crippen LogP contribution in [0.3, 0.4) is 0 Å². The summed E-state index contributed by atoms with van der Waals surface area (Å²) in [5.41, 5.74) is 0. The Bertz CT molecular complexity index is 288. The van der Waals surface area contributed by atoms with Crippen LogP contribution in [0.2, 0.25) is 5.15 Å². The number of nitrogens with one attached hydrogen (secondary N) is 1. The molecule has 1 aromatic heterocycles. The monoisotopic (exact) mass is 233 g/mol. The van der Waals surface area contributed by atoms with Crippen LogP contribution in [-0.4, -0.2) is 27.6 Å². The van der Waals surface area contributed by atoms with E-state index in [1.54, 1.807) is 6.20 Å². The first kappa shape index (κ1) is 11.9. The predicted molar refractivity (Wildman–Crippen MR) is 62.9 cm³/mol. The van der Waals surface area contributed by atoms with Crippen molar-refractivity contribution in [2.75, 3.05) is 12.8 Å². The Morgan fingerprint density at radius 2 is 2.43 bits per heavy atom. The number of hydrogen-bond acceptors (Lipinski definition) is 3. The van der Waals surface area contributed by atoms with E-state index < -0.39 is 0 Å². The van der Waals surface area contributed by atoms with Crippen molar-refractivity contribution in [3.05, 3.63) is 17.2 Å². The smallest absolute Gasteiger partial charge is 0.128 e. The lowest BCUT2D eigenvalue weighted by Gasteiger charge is -2.09. The molecule has 0 aromatic carbocycles. The Balaban J connectivity index is 2.35. The SMILES string of the molecule is CSC(C)CNCc1ncc(Cl)n1C. The Morgan fingerprint density at radius 1 is 1.71 bits per heavy atom. The van der Waals surface area contributed by atoms with Crippen molar-refractivity contribution >= 4 is 23.4 Å². The molecule has 80 valence electrons. The molecule has 1 heterocycles. The van der Waals surface area contributed by atoms with Crippen molar-refractivity contribution in [1.82, 2.24) is 14.9 Å². The number of halogens is 1. The summed E-state index contributed by atoms with van der Waals surface area (Å²) < 4.78 is 1.89.